The Morgan fingerprint density at radius 1 is 1.24 bits per heavy atom. The van der Waals surface area contributed by atoms with Crippen LogP contribution in [0.3, 0.4) is 0 Å². The van der Waals surface area contributed by atoms with Crippen LogP contribution in [0.1, 0.15) is 41.9 Å². The fourth-order valence-corrected chi connectivity index (χ4v) is 5.03. The van der Waals surface area contributed by atoms with E-state index in [9.17, 15) is 4.79 Å². The number of carbonyl (C=O) groups is 1. The predicted molar refractivity (Wildman–Crippen MR) is 121 cm³/mol. The number of aromatic nitrogens is 2. The number of nitrogens with one attached hydrogen (secondary N) is 1. The van der Waals surface area contributed by atoms with Gasteiger partial charge < -0.3 is 10.1 Å². The molecule has 3 rings (SSSR count). The van der Waals surface area contributed by atoms with Crippen molar-refractivity contribution < 1.29 is 9.53 Å². The van der Waals surface area contributed by atoms with Gasteiger partial charge in [-0.2, -0.15) is 0 Å². The molecule has 0 radical (unpaired) electrons. The standard InChI is InChI=1S/C22H27N3O2S2/c1-15-17(3)29-22-20(15)21(24-14-25-22)28-13-10-19(26)23-11-7-12-27-16(2)18-8-5-4-6-9-18/h4-6,8-9,14,16H,7,10-13H2,1-3H3,(H,23,26). The molecule has 29 heavy (non-hydrogen) atoms. The molecular weight excluding hydrogens is 402 g/mol. The maximum Gasteiger partial charge on any atom is 0.220 e. The Hall–Kier alpha value is -1.96. The molecule has 5 nitrogen and oxygen atoms in total. The average molecular weight is 430 g/mol. The van der Waals surface area contributed by atoms with E-state index in [1.54, 1.807) is 29.4 Å². The van der Waals surface area contributed by atoms with E-state index in [2.05, 4.69) is 41.3 Å². The second kappa shape index (κ2) is 10.7. The number of benzene rings is 1. The van der Waals surface area contributed by atoms with Crippen molar-refractivity contribution in [1.82, 2.24) is 15.3 Å². The molecule has 1 atom stereocenters. The van der Waals surface area contributed by atoms with Crippen molar-refractivity contribution in [2.45, 2.75) is 44.7 Å². The number of thioether (sulfide) groups is 1. The van der Waals surface area contributed by atoms with Gasteiger partial charge in [-0.25, -0.2) is 9.97 Å². The summed E-state index contributed by atoms with van der Waals surface area (Å²) < 4.78 is 5.83. The topological polar surface area (TPSA) is 64.1 Å². The largest absolute Gasteiger partial charge is 0.374 e. The molecule has 0 aliphatic heterocycles. The molecule has 7 heteroatoms. The minimum Gasteiger partial charge on any atom is -0.374 e. The van der Waals surface area contributed by atoms with Crippen LogP contribution in [0, 0.1) is 13.8 Å². The highest BCUT2D eigenvalue weighted by molar-refractivity contribution is 7.99. The number of fused-ring (bicyclic) bond motifs is 1. The predicted octanol–water partition coefficient (Wildman–Crippen LogP) is 5.07. The van der Waals surface area contributed by atoms with Crippen LogP contribution in [-0.2, 0) is 9.53 Å². The van der Waals surface area contributed by atoms with E-state index in [0.29, 0.717) is 25.3 Å². The lowest BCUT2D eigenvalue weighted by atomic mass is 10.1. The highest BCUT2D eigenvalue weighted by Gasteiger charge is 2.12. The fraction of sp³-hybridized carbons (Fsp3) is 0.409. The number of rotatable bonds is 10. The van der Waals surface area contributed by atoms with Crippen molar-refractivity contribution >= 4 is 39.2 Å². The monoisotopic (exact) mass is 429 g/mol. The van der Waals surface area contributed by atoms with E-state index in [1.807, 2.05) is 25.1 Å². The smallest absolute Gasteiger partial charge is 0.220 e. The summed E-state index contributed by atoms with van der Waals surface area (Å²) in [6.45, 7) is 7.52. The Morgan fingerprint density at radius 3 is 2.83 bits per heavy atom. The second-order valence-electron chi connectivity index (χ2n) is 6.87. The first-order valence-corrected chi connectivity index (χ1v) is 11.6. The molecule has 3 aromatic rings. The number of amides is 1. The van der Waals surface area contributed by atoms with Crippen LogP contribution in [0.2, 0.25) is 0 Å². The molecule has 1 amide bonds. The van der Waals surface area contributed by atoms with Gasteiger partial charge in [0.25, 0.3) is 0 Å². The van der Waals surface area contributed by atoms with Gasteiger partial charge in [-0.3, -0.25) is 4.79 Å². The molecule has 2 aromatic heterocycles. The Balaban J connectivity index is 1.34. The Morgan fingerprint density at radius 2 is 2.03 bits per heavy atom. The van der Waals surface area contributed by atoms with E-state index in [0.717, 1.165) is 21.7 Å². The summed E-state index contributed by atoms with van der Waals surface area (Å²) in [6.07, 6.45) is 2.95. The number of hydrogen-bond acceptors (Lipinski definition) is 6. The zero-order chi connectivity index (χ0) is 20.6. The number of aryl methyl sites for hydroxylation is 2. The molecule has 154 valence electrons. The molecule has 0 aliphatic rings. The highest BCUT2D eigenvalue weighted by Crippen LogP contribution is 2.34. The minimum atomic E-state index is 0.0668. The van der Waals surface area contributed by atoms with Crippen LogP contribution in [0.15, 0.2) is 41.7 Å². The van der Waals surface area contributed by atoms with Crippen molar-refractivity contribution in [1.29, 1.82) is 0 Å². The van der Waals surface area contributed by atoms with Crippen molar-refractivity contribution in [3.8, 4) is 0 Å². The summed E-state index contributed by atoms with van der Waals surface area (Å²) in [6, 6.07) is 10.2. The zero-order valence-electron chi connectivity index (χ0n) is 17.1. The first-order chi connectivity index (χ1) is 14.1. The van der Waals surface area contributed by atoms with Crippen molar-refractivity contribution in [3.63, 3.8) is 0 Å². The summed E-state index contributed by atoms with van der Waals surface area (Å²) >= 11 is 3.31. The van der Waals surface area contributed by atoms with Crippen molar-refractivity contribution in [3.05, 3.63) is 52.7 Å². The van der Waals surface area contributed by atoms with E-state index in [1.165, 1.54) is 16.0 Å². The number of carbonyl (C=O) groups excluding carboxylic acids is 1. The maximum atomic E-state index is 12.1. The molecule has 0 spiro atoms. The Kier molecular flexibility index (Phi) is 8.03. The van der Waals surface area contributed by atoms with Gasteiger partial charge in [0.1, 0.15) is 16.2 Å². The third kappa shape index (κ3) is 6.01. The van der Waals surface area contributed by atoms with E-state index in [-0.39, 0.29) is 12.0 Å². The van der Waals surface area contributed by atoms with Gasteiger partial charge in [-0.15, -0.1) is 23.1 Å². The summed E-state index contributed by atoms with van der Waals surface area (Å²) in [5.41, 5.74) is 2.41. The number of hydrogen-bond donors (Lipinski definition) is 1. The normalized spacial score (nSPS) is 12.2. The van der Waals surface area contributed by atoms with Crippen LogP contribution in [0.4, 0.5) is 0 Å². The lowest BCUT2D eigenvalue weighted by molar-refractivity contribution is -0.120. The molecule has 0 saturated carbocycles. The molecule has 0 fully saturated rings. The second-order valence-corrected chi connectivity index (χ2v) is 9.15. The van der Waals surface area contributed by atoms with Gasteiger partial charge in [-0.05, 0) is 38.3 Å². The van der Waals surface area contributed by atoms with Gasteiger partial charge >= 0.3 is 0 Å². The number of ether oxygens (including phenoxy) is 1. The minimum absolute atomic E-state index is 0.0668. The van der Waals surface area contributed by atoms with Gasteiger partial charge in [-0.1, -0.05) is 30.3 Å². The van der Waals surface area contributed by atoms with E-state index >= 15 is 0 Å². The third-order valence-corrected chi connectivity index (χ3v) is 6.89. The number of thiophene rings is 1. The molecule has 0 aliphatic carbocycles. The quantitative estimate of drug-likeness (QED) is 0.277. The number of nitrogens with zero attached hydrogens (tertiary/aromatic N) is 2. The lowest BCUT2D eigenvalue weighted by Gasteiger charge is -2.13. The van der Waals surface area contributed by atoms with Crippen LogP contribution in [-0.4, -0.2) is 34.8 Å². The Labute approximate surface area is 180 Å². The summed E-state index contributed by atoms with van der Waals surface area (Å²) in [4.78, 5) is 23.2. The van der Waals surface area contributed by atoms with Crippen LogP contribution in [0.5, 0.6) is 0 Å². The Bertz CT molecular complexity index is 944. The first-order valence-electron chi connectivity index (χ1n) is 9.83. The van der Waals surface area contributed by atoms with E-state index < -0.39 is 0 Å². The van der Waals surface area contributed by atoms with Gasteiger partial charge in [0.2, 0.25) is 5.91 Å². The van der Waals surface area contributed by atoms with Gasteiger partial charge in [0, 0.05) is 35.6 Å². The first kappa shape index (κ1) is 21.7. The van der Waals surface area contributed by atoms with E-state index in [4.69, 9.17) is 4.74 Å². The average Bonchev–Trinajstić information content (AvgIpc) is 3.03. The fourth-order valence-electron chi connectivity index (χ4n) is 2.97. The summed E-state index contributed by atoms with van der Waals surface area (Å²) in [5, 5.41) is 5.07. The molecule has 2 heterocycles. The van der Waals surface area contributed by atoms with Gasteiger partial charge in [0.05, 0.1) is 6.10 Å². The lowest BCUT2D eigenvalue weighted by Crippen LogP contribution is -2.25. The molecule has 1 N–H and O–H groups in total. The summed E-state index contributed by atoms with van der Waals surface area (Å²) in [7, 11) is 0. The van der Waals surface area contributed by atoms with Crippen LogP contribution < -0.4 is 5.32 Å². The van der Waals surface area contributed by atoms with Crippen LogP contribution >= 0.6 is 23.1 Å². The van der Waals surface area contributed by atoms with Crippen LogP contribution in [0.25, 0.3) is 10.2 Å². The summed E-state index contributed by atoms with van der Waals surface area (Å²) in [5.74, 6) is 0.769. The molecule has 1 unspecified atom stereocenters. The highest BCUT2D eigenvalue weighted by atomic mass is 32.2. The third-order valence-electron chi connectivity index (χ3n) is 4.78. The molecule has 0 saturated heterocycles. The van der Waals surface area contributed by atoms with Crippen molar-refractivity contribution in [2.75, 3.05) is 18.9 Å². The molecule has 1 aromatic carbocycles. The maximum absolute atomic E-state index is 12.1. The van der Waals surface area contributed by atoms with Gasteiger partial charge in [0.15, 0.2) is 0 Å². The zero-order valence-corrected chi connectivity index (χ0v) is 18.7. The SMILES string of the molecule is Cc1sc2ncnc(SCCC(=O)NCCCOC(C)c3ccccc3)c2c1C. The molecule has 0 bridgehead atoms. The van der Waals surface area contributed by atoms with Crippen molar-refractivity contribution in [2.24, 2.45) is 0 Å². The molecular formula is C22H27N3O2S2.